The lowest BCUT2D eigenvalue weighted by Gasteiger charge is -2.31. The fourth-order valence-electron chi connectivity index (χ4n) is 3.67. The summed E-state index contributed by atoms with van der Waals surface area (Å²) >= 11 is 0. The van der Waals surface area contributed by atoms with Crippen molar-refractivity contribution >= 4 is 17.5 Å². The first kappa shape index (κ1) is 21.7. The van der Waals surface area contributed by atoms with Gasteiger partial charge in [0.25, 0.3) is 5.91 Å². The zero-order chi connectivity index (χ0) is 21.5. The standard InChI is InChI=1S/C24H30N2O4/c1-3-17(2)19-8-4-7-11-22(19)30-16-23(28)26-14-12-18(13-15-26)24(29)25-20-9-5-6-10-21(20)27/h4-11,17-18,27H,3,12-16H2,1-2H3,(H,25,29)/t17-/m0/s1. The number of anilines is 1. The zero-order valence-electron chi connectivity index (χ0n) is 17.6. The number of phenolic OH excluding ortho intramolecular Hbond substituents is 1. The fourth-order valence-corrected chi connectivity index (χ4v) is 3.67. The minimum absolute atomic E-state index is 0.00218. The number of benzene rings is 2. The number of carbonyl (C=O) groups excluding carboxylic acids is 2. The topological polar surface area (TPSA) is 78.9 Å². The molecule has 6 heteroatoms. The number of nitrogens with one attached hydrogen (secondary N) is 1. The van der Waals surface area contributed by atoms with Gasteiger partial charge >= 0.3 is 0 Å². The maximum Gasteiger partial charge on any atom is 0.260 e. The van der Waals surface area contributed by atoms with Crippen LogP contribution in [0.1, 0.15) is 44.6 Å². The molecule has 1 aliphatic rings. The minimum Gasteiger partial charge on any atom is -0.506 e. The number of piperidine rings is 1. The molecule has 0 aromatic heterocycles. The van der Waals surface area contributed by atoms with Gasteiger partial charge in [-0.1, -0.05) is 44.2 Å². The van der Waals surface area contributed by atoms with Crippen molar-refractivity contribution < 1.29 is 19.4 Å². The molecule has 1 atom stereocenters. The van der Waals surface area contributed by atoms with Crippen LogP contribution in [0.2, 0.25) is 0 Å². The van der Waals surface area contributed by atoms with Gasteiger partial charge in [-0.05, 0) is 48.9 Å². The van der Waals surface area contributed by atoms with E-state index >= 15 is 0 Å². The van der Waals surface area contributed by atoms with Crippen molar-refractivity contribution in [3.8, 4) is 11.5 Å². The Labute approximate surface area is 177 Å². The summed E-state index contributed by atoms with van der Waals surface area (Å²) in [6, 6.07) is 14.5. The van der Waals surface area contributed by atoms with E-state index in [1.165, 1.54) is 6.07 Å². The Morgan fingerprint density at radius 3 is 2.50 bits per heavy atom. The van der Waals surface area contributed by atoms with E-state index in [1.807, 2.05) is 24.3 Å². The molecule has 2 amide bonds. The molecule has 3 rings (SSSR count). The number of ether oxygens (including phenoxy) is 1. The second kappa shape index (κ2) is 10.1. The maximum absolute atomic E-state index is 12.6. The highest BCUT2D eigenvalue weighted by Gasteiger charge is 2.28. The van der Waals surface area contributed by atoms with Crippen molar-refractivity contribution in [1.29, 1.82) is 0 Å². The summed E-state index contributed by atoms with van der Waals surface area (Å²) in [6.07, 6.45) is 2.19. The van der Waals surface area contributed by atoms with Crippen molar-refractivity contribution in [2.24, 2.45) is 5.92 Å². The summed E-state index contributed by atoms with van der Waals surface area (Å²) in [5.41, 5.74) is 1.53. The highest BCUT2D eigenvalue weighted by Crippen LogP contribution is 2.29. The van der Waals surface area contributed by atoms with Crippen LogP contribution in [0, 0.1) is 5.92 Å². The lowest BCUT2D eigenvalue weighted by molar-refractivity contribution is -0.136. The molecule has 0 spiro atoms. The van der Waals surface area contributed by atoms with Crippen LogP contribution in [0.3, 0.4) is 0 Å². The van der Waals surface area contributed by atoms with Gasteiger partial charge in [0, 0.05) is 19.0 Å². The predicted molar refractivity (Wildman–Crippen MR) is 117 cm³/mol. The lowest BCUT2D eigenvalue weighted by Crippen LogP contribution is -2.43. The van der Waals surface area contributed by atoms with E-state index in [0.717, 1.165) is 17.7 Å². The van der Waals surface area contributed by atoms with Crippen LogP contribution in [0.15, 0.2) is 48.5 Å². The van der Waals surface area contributed by atoms with Gasteiger partial charge in [-0.15, -0.1) is 0 Å². The molecule has 1 fully saturated rings. The molecule has 0 saturated carbocycles. The Hall–Kier alpha value is -3.02. The van der Waals surface area contributed by atoms with E-state index in [2.05, 4.69) is 19.2 Å². The Kier molecular flexibility index (Phi) is 7.33. The van der Waals surface area contributed by atoms with Crippen molar-refractivity contribution in [2.75, 3.05) is 25.0 Å². The molecule has 0 unspecified atom stereocenters. The van der Waals surface area contributed by atoms with E-state index in [1.54, 1.807) is 23.1 Å². The van der Waals surface area contributed by atoms with Gasteiger partial charge in [0.1, 0.15) is 11.5 Å². The van der Waals surface area contributed by atoms with Crippen molar-refractivity contribution in [3.63, 3.8) is 0 Å². The van der Waals surface area contributed by atoms with E-state index in [0.29, 0.717) is 37.5 Å². The second-order valence-corrected chi connectivity index (χ2v) is 7.80. The molecule has 30 heavy (non-hydrogen) atoms. The van der Waals surface area contributed by atoms with E-state index in [4.69, 9.17) is 4.74 Å². The van der Waals surface area contributed by atoms with Crippen LogP contribution in [0.25, 0.3) is 0 Å². The third-order valence-corrected chi connectivity index (χ3v) is 5.79. The SMILES string of the molecule is CC[C@H](C)c1ccccc1OCC(=O)N1CCC(C(=O)Nc2ccccc2O)CC1. The van der Waals surface area contributed by atoms with Gasteiger partial charge in [0.05, 0.1) is 5.69 Å². The number of rotatable bonds is 7. The van der Waals surface area contributed by atoms with E-state index in [-0.39, 0.29) is 30.1 Å². The van der Waals surface area contributed by atoms with Gasteiger partial charge in [-0.2, -0.15) is 0 Å². The summed E-state index contributed by atoms with van der Waals surface area (Å²) in [6.45, 7) is 5.32. The Morgan fingerprint density at radius 2 is 1.80 bits per heavy atom. The summed E-state index contributed by atoms with van der Waals surface area (Å²) in [7, 11) is 0. The van der Waals surface area contributed by atoms with Crippen molar-refractivity contribution in [3.05, 3.63) is 54.1 Å². The normalized spacial score (nSPS) is 15.5. The number of hydrogen-bond donors (Lipinski definition) is 2. The second-order valence-electron chi connectivity index (χ2n) is 7.80. The molecular weight excluding hydrogens is 380 g/mol. The molecule has 6 nitrogen and oxygen atoms in total. The fraction of sp³-hybridized carbons (Fsp3) is 0.417. The Balaban J connectivity index is 1.49. The van der Waals surface area contributed by atoms with Gasteiger partial charge in [0.2, 0.25) is 5.91 Å². The summed E-state index contributed by atoms with van der Waals surface area (Å²) in [5, 5.41) is 12.6. The van der Waals surface area contributed by atoms with Crippen LogP contribution in [-0.2, 0) is 9.59 Å². The van der Waals surface area contributed by atoms with E-state index < -0.39 is 0 Å². The van der Waals surface area contributed by atoms with Crippen LogP contribution in [0.5, 0.6) is 11.5 Å². The highest BCUT2D eigenvalue weighted by atomic mass is 16.5. The number of amides is 2. The largest absolute Gasteiger partial charge is 0.506 e. The number of para-hydroxylation sites is 3. The summed E-state index contributed by atoms with van der Waals surface area (Å²) in [5.74, 6) is 0.816. The molecule has 1 heterocycles. The minimum atomic E-state index is -0.180. The first-order valence-corrected chi connectivity index (χ1v) is 10.6. The predicted octanol–water partition coefficient (Wildman–Crippen LogP) is 4.16. The third-order valence-electron chi connectivity index (χ3n) is 5.79. The molecule has 2 N–H and O–H groups in total. The highest BCUT2D eigenvalue weighted by molar-refractivity contribution is 5.94. The van der Waals surface area contributed by atoms with Gasteiger partial charge in [-0.3, -0.25) is 9.59 Å². The summed E-state index contributed by atoms with van der Waals surface area (Å²) in [4.78, 5) is 26.8. The maximum atomic E-state index is 12.6. The first-order valence-electron chi connectivity index (χ1n) is 10.6. The summed E-state index contributed by atoms with van der Waals surface area (Å²) < 4.78 is 5.84. The number of phenols is 1. The number of nitrogens with zero attached hydrogens (tertiary/aromatic N) is 1. The first-order chi connectivity index (χ1) is 14.5. The Bertz CT molecular complexity index is 875. The van der Waals surface area contributed by atoms with Crippen LogP contribution in [-0.4, -0.2) is 41.5 Å². The molecular formula is C24H30N2O4. The number of likely N-dealkylation sites (tertiary alicyclic amines) is 1. The molecule has 2 aromatic rings. The Morgan fingerprint density at radius 1 is 1.13 bits per heavy atom. The van der Waals surface area contributed by atoms with Crippen LogP contribution < -0.4 is 10.1 Å². The zero-order valence-corrected chi connectivity index (χ0v) is 17.6. The van der Waals surface area contributed by atoms with Gasteiger partial charge in [-0.25, -0.2) is 0 Å². The van der Waals surface area contributed by atoms with Crippen LogP contribution in [0.4, 0.5) is 5.69 Å². The third kappa shape index (κ3) is 5.32. The molecule has 0 aliphatic carbocycles. The molecule has 0 radical (unpaired) electrons. The number of hydrogen-bond acceptors (Lipinski definition) is 4. The van der Waals surface area contributed by atoms with Crippen molar-refractivity contribution in [1.82, 2.24) is 4.90 Å². The smallest absolute Gasteiger partial charge is 0.260 e. The molecule has 1 aliphatic heterocycles. The average Bonchev–Trinajstić information content (AvgIpc) is 2.78. The van der Waals surface area contributed by atoms with Gasteiger partial charge < -0.3 is 20.1 Å². The molecule has 0 bridgehead atoms. The van der Waals surface area contributed by atoms with Crippen molar-refractivity contribution in [2.45, 2.75) is 39.0 Å². The molecule has 160 valence electrons. The number of carbonyl (C=O) groups is 2. The average molecular weight is 411 g/mol. The number of aromatic hydroxyl groups is 1. The monoisotopic (exact) mass is 410 g/mol. The van der Waals surface area contributed by atoms with Crippen LogP contribution >= 0.6 is 0 Å². The van der Waals surface area contributed by atoms with Gasteiger partial charge in [0.15, 0.2) is 6.61 Å². The quantitative estimate of drug-likeness (QED) is 0.672. The lowest BCUT2D eigenvalue weighted by atomic mass is 9.95. The van der Waals surface area contributed by atoms with E-state index in [9.17, 15) is 14.7 Å². The molecule has 1 saturated heterocycles. The molecule has 2 aromatic carbocycles.